The van der Waals surface area contributed by atoms with Crippen molar-refractivity contribution in [3.05, 3.63) is 152 Å². The van der Waals surface area contributed by atoms with Gasteiger partial charge in [-0.25, -0.2) is 0 Å². The van der Waals surface area contributed by atoms with Crippen LogP contribution < -0.4 is 37.4 Å². The third kappa shape index (κ3) is 12.5. The molecule has 3 fully saturated rings. The fourth-order valence-corrected chi connectivity index (χ4v) is 17.0. The lowest BCUT2D eigenvalue weighted by Crippen LogP contribution is -2.68. The van der Waals surface area contributed by atoms with Crippen LogP contribution in [0.1, 0.15) is 144 Å². The van der Waals surface area contributed by atoms with E-state index in [2.05, 4.69) is 102 Å². The molecule has 0 unspecified atom stereocenters. The number of piperidine rings is 2. The summed E-state index contributed by atoms with van der Waals surface area (Å²) in [5.74, 6) is 0.265. The number of nitrogens with one attached hydrogen (secondary N) is 3. The van der Waals surface area contributed by atoms with Gasteiger partial charge in [-0.2, -0.15) is 0 Å². The summed E-state index contributed by atoms with van der Waals surface area (Å²) in [4.78, 5) is 54.8. The highest BCUT2D eigenvalue weighted by molar-refractivity contribution is 6.99. The summed E-state index contributed by atoms with van der Waals surface area (Å²) in [6.45, 7) is 24.5. The second kappa shape index (κ2) is 24.3. The number of likely N-dealkylation sites (tertiary alicyclic amines) is 1. The minimum atomic E-state index is -2.64. The molecule has 4 N–H and O–H groups in total. The SMILES string of the molecule is Cc1cccc2c1cc(C(=O)NCC1CCN(CC3(O)CCC(O[Si](c4ccccc4)(c4ccccc4)C(C)(C)C)CC3)CC1)c(=O)n2C(C)C.Cc1cccc2c1cc(C(=O)NCC1CCNCC1)c(=O)n2C(C)C. The number of nitrogens with zero attached hydrogens (tertiary/aromatic N) is 3. The van der Waals surface area contributed by atoms with E-state index in [9.17, 15) is 24.3 Å². The lowest BCUT2D eigenvalue weighted by Gasteiger charge is -2.48. The van der Waals surface area contributed by atoms with Gasteiger partial charge in [-0.05, 0) is 182 Å². The van der Waals surface area contributed by atoms with Gasteiger partial charge in [0.15, 0.2) is 0 Å². The average Bonchev–Trinajstić information content (AvgIpc) is 3.52. The van der Waals surface area contributed by atoms with E-state index < -0.39 is 13.9 Å². The zero-order valence-corrected chi connectivity index (χ0v) is 47.7. The van der Waals surface area contributed by atoms with Crippen molar-refractivity contribution in [1.82, 2.24) is 30.0 Å². The van der Waals surface area contributed by atoms with Gasteiger partial charge in [0.1, 0.15) is 11.1 Å². The van der Waals surface area contributed by atoms with Crippen molar-refractivity contribution in [2.45, 2.75) is 143 Å². The largest absolute Gasteiger partial charge is 0.404 e. The topological polar surface area (TPSA) is 147 Å². The van der Waals surface area contributed by atoms with Gasteiger partial charge in [0, 0.05) is 48.6 Å². The molecule has 1 aliphatic carbocycles. The van der Waals surface area contributed by atoms with Gasteiger partial charge in [-0.1, -0.05) is 106 Å². The first-order valence-electron chi connectivity index (χ1n) is 28.1. The van der Waals surface area contributed by atoms with Crippen molar-refractivity contribution < 1.29 is 19.1 Å². The Morgan fingerprint density at radius 1 is 0.658 bits per heavy atom. The van der Waals surface area contributed by atoms with Crippen molar-refractivity contribution >= 4 is 52.3 Å². The molecule has 6 aromatic rings. The van der Waals surface area contributed by atoms with Crippen LogP contribution in [-0.2, 0) is 4.43 Å². The number of pyridine rings is 2. The van der Waals surface area contributed by atoms with Crippen LogP contribution in [0.25, 0.3) is 21.8 Å². The zero-order chi connectivity index (χ0) is 54.4. The molecule has 4 aromatic carbocycles. The Hall–Kier alpha value is -5.70. The van der Waals surface area contributed by atoms with Crippen LogP contribution in [0.4, 0.5) is 0 Å². The molecule has 13 heteroatoms. The number of hydrogen-bond donors (Lipinski definition) is 4. The molecule has 0 spiro atoms. The number of fused-ring (bicyclic) bond motifs is 2. The molecule has 76 heavy (non-hydrogen) atoms. The van der Waals surface area contributed by atoms with Gasteiger partial charge >= 0.3 is 0 Å². The maximum absolute atomic E-state index is 13.4. The van der Waals surface area contributed by atoms with Gasteiger partial charge in [-0.3, -0.25) is 19.2 Å². The standard InChI is InChI=1S/C43H57N3O4Si.C20H27N3O2/c1-31(2)46-39-19-13-14-32(3)37(39)28-38(41(46)48)40(47)44-29-33-22-26-45(27-23-33)30-43(49)24-20-34(21-25-43)50-51(42(4,5)6,35-15-9-7-10-16-35)36-17-11-8-12-18-36;1-13(2)23-18-6-4-5-14(3)16(18)11-17(20(23)25)19(24)22-12-15-7-9-21-10-8-15/h7-19,28,31,33-34,49H,20-27,29-30H2,1-6H3,(H,44,47);4-6,11,13,15,21H,7-10,12H2,1-3H3,(H,22,24). The summed E-state index contributed by atoms with van der Waals surface area (Å²) in [6, 6.07) is 36.9. The number of carbonyl (C=O) groups is 2. The van der Waals surface area contributed by atoms with Crippen LogP contribution in [0.3, 0.4) is 0 Å². The zero-order valence-electron chi connectivity index (χ0n) is 46.7. The van der Waals surface area contributed by atoms with Crippen LogP contribution in [0.15, 0.2) is 119 Å². The van der Waals surface area contributed by atoms with Crippen LogP contribution in [0.5, 0.6) is 0 Å². The predicted octanol–water partition coefficient (Wildman–Crippen LogP) is 9.20. The first-order chi connectivity index (χ1) is 36.3. The maximum atomic E-state index is 13.4. The van der Waals surface area contributed by atoms with E-state index in [0.717, 1.165) is 110 Å². The van der Waals surface area contributed by atoms with Crippen molar-refractivity contribution in [2.24, 2.45) is 11.8 Å². The van der Waals surface area contributed by atoms with Gasteiger partial charge in [0.25, 0.3) is 31.3 Å². The van der Waals surface area contributed by atoms with Crippen molar-refractivity contribution in [3.63, 3.8) is 0 Å². The van der Waals surface area contributed by atoms with Crippen LogP contribution in [-0.4, -0.2) is 96.8 Å². The fourth-order valence-electron chi connectivity index (χ4n) is 12.2. The van der Waals surface area contributed by atoms with Crippen molar-refractivity contribution in [2.75, 3.05) is 45.8 Å². The molecular formula is C63H84N6O6Si. The molecule has 2 aliphatic heterocycles. The third-order valence-corrected chi connectivity index (χ3v) is 21.6. The highest BCUT2D eigenvalue weighted by atomic mass is 28.4. The molecular weight excluding hydrogens is 965 g/mol. The Morgan fingerprint density at radius 2 is 1.09 bits per heavy atom. The lowest BCUT2D eigenvalue weighted by atomic mass is 9.82. The molecule has 0 radical (unpaired) electrons. The van der Waals surface area contributed by atoms with Gasteiger partial charge in [0.2, 0.25) is 0 Å². The second-order valence-electron chi connectivity index (χ2n) is 23.7. The van der Waals surface area contributed by atoms with Crippen LogP contribution >= 0.6 is 0 Å². The molecule has 1 saturated carbocycles. The lowest BCUT2D eigenvalue weighted by molar-refractivity contribution is -0.0544. The first-order valence-corrected chi connectivity index (χ1v) is 30.0. The van der Waals surface area contributed by atoms with E-state index in [1.165, 1.54) is 10.4 Å². The van der Waals surface area contributed by atoms with Gasteiger partial charge in [0.05, 0.1) is 16.6 Å². The number of aromatic nitrogens is 2. The molecule has 9 rings (SSSR count). The normalized spacial score (nSPS) is 19.2. The van der Waals surface area contributed by atoms with E-state index in [-0.39, 0.29) is 57.3 Å². The van der Waals surface area contributed by atoms with Gasteiger partial charge in [-0.15, -0.1) is 0 Å². The predicted molar refractivity (Wildman–Crippen MR) is 312 cm³/mol. The Balaban J connectivity index is 0.000000255. The number of benzene rings is 4. The van der Waals surface area contributed by atoms with Crippen LogP contribution in [0.2, 0.25) is 5.04 Å². The van der Waals surface area contributed by atoms with E-state index >= 15 is 0 Å². The van der Waals surface area contributed by atoms with E-state index in [4.69, 9.17) is 4.43 Å². The summed E-state index contributed by atoms with van der Waals surface area (Å²) in [6.07, 6.45) is 7.26. The molecule has 2 aromatic heterocycles. The monoisotopic (exact) mass is 1050 g/mol. The molecule has 0 atom stereocenters. The van der Waals surface area contributed by atoms with Crippen molar-refractivity contribution in [1.29, 1.82) is 0 Å². The first kappa shape index (κ1) is 56.5. The van der Waals surface area contributed by atoms with E-state index in [1.807, 2.05) is 77.9 Å². The number of rotatable bonds is 14. The van der Waals surface area contributed by atoms with Crippen LogP contribution in [0, 0.1) is 25.7 Å². The molecule has 4 heterocycles. The Bertz CT molecular complexity index is 3030. The molecule has 0 bridgehead atoms. The molecule has 406 valence electrons. The molecule has 3 aliphatic rings. The summed E-state index contributed by atoms with van der Waals surface area (Å²) in [5, 5.41) is 25.6. The summed E-state index contributed by atoms with van der Waals surface area (Å²) < 4.78 is 10.9. The molecule has 12 nitrogen and oxygen atoms in total. The Labute approximate surface area is 451 Å². The van der Waals surface area contributed by atoms with E-state index in [0.29, 0.717) is 31.5 Å². The minimum absolute atomic E-state index is 0.00558. The Morgan fingerprint density at radius 3 is 1.51 bits per heavy atom. The number of aliphatic hydroxyl groups is 1. The summed E-state index contributed by atoms with van der Waals surface area (Å²) >= 11 is 0. The fraction of sp³-hybridized carbons (Fsp3) is 0.492. The smallest absolute Gasteiger partial charge is 0.264 e. The van der Waals surface area contributed by atoms with E-state index in [1.54, 1.807) is 21.3 Å². The number of β-amino-alcohol motifs (C(OH)–C–C–N with tert-alkyl or cyclic N) is 1. The Kier molecular flexibility index (Phi) is 18.1. The number of aryl methyl sites for hydroxylation is 2. The quantitative estimate of drug-likeness (QED) is 0.0791. The average molecular weight is 1050 g/mol. The number of carbonyl (C=O) groups excluding carboxylic acids is 2. The third-order valence-electron chi connectivity index (χ3n) is 16.5. The summed E-state index contributed by atoms with van der Waals surface area (Å²) in [5.41, 5.74) is 3.13. The number of amides is 2. The molecule has 2 saturated heterocycles. The maximum Gasteiger partial charge on any atom is 0.264 e. The summed E-state index contributed by atoms with van der Waals surface area (Å²) in [7, 11) is -2.64. The van der Waals surface area contributed by atoms with Crippen molar-refractivity contribution in [3.8, 4) is 0 Å². The highest BCUT2D eigenvalue weighted by Gasteiger charge is 2.52. The highest BCUT2D eigenvalue weighted by Crippen LogP contribution is 2.41. The second-order valence-corrected chi connectivity index (χ2v) is 28.0. The minimum Gasteiger partial charge on any atom is -0.404 e. The number of hydrogen-bond acceptors (Lipinski definition) is 8. The van der Waals surface area contributed by atoms with Gasteiger partial charge < -0.3 is 39.5 Å². The molecule has 2 amide bonds.